The van der Waals surface area contributed by atoms with E-state index in [4.69, 9.17) is 14.5 Å². The van der Waals surface area contributed by atoms with E-state index in [1.54, 1.807) is 7.11 Å². The minimum absolute atomic E-state index is 0.325. The van der Waals surface area contributed by atoms with E-state index in [0.717, 1.165) is 40.7 Å². The number of benzene rings is 2. The molecule has 9 heteroatoms. The lowest BCUT2D eigenvalue weighted by Gasteiger charge is -2.32. The molecule has 1 aliphatic rings. The lowest BCUT2D eigenvalue weighted by atomic mass is 9.95. The van der Waals surface area contributed by atoms with Crippen LogP contribution in [-0.2, 0) is 22.5 Å². The fraction of sp³-hybridized carbons (Fsp3) is 0.333. The first-order valence-corrected chi connectivity index (χ1v) is 14.0. The van der Waals surface area contributed by atoms with Crippen LogP contribution in [0.4, 0.5) is 5.13 Å². The van der Waals surface area contributed by atoms with Gasteiger partial charge in [0.25, 0.3) is 5.91 Å². The highest BCUT2D eigenvalue weighted by atomic mass is 32.1. The van der Waals surface area contributed by atoms with Crippen molar-refractivity contribution >= 4 is 39.2 Å². The highest BCUT2D eigenvalue weighted by Crippen LogP contribution is 2.33. The van der Waals surface area contributed by atoms with Crippen molar-refractivity contribution in [1.29, 1.82) is 0 Å². The number of rotatable bonds is 8. The Bertz CT molecular complexity index is 1520. The van der Waals surface area contributed by atoms with Crippen LogP contribution in [0.2, 0.25) is 0 Å². The number of carbonyl (C=O) groups excluding carboxylic acids is 2. The predicted molar refractivity (Wildman–Crippen MR) is 153 cm³/mol. The third-order valence-corrected chi connectivity index (χ3v) is 7.80. The van der Waals surface area contributed by atoms with Crippen molar-refractivity contribution in [3.8, 4) is 17.0 Å². The van der Waals surface area contributed by atoms with Crippen molar-refractivity contribution in [2.24, 2.45) is 0 Å². The Morgan fingerprint density at radius 2 is 1.87 bits per heavy atom. The third-order valence-electron chi connectivity index (χ3n) is 7.04. The first-order valence-electron chi connectivity index (χ1n) is 13.1. The van der Waals surface area contributed by atoms with Crippen LogP contribution in [0, 0.1) is 0 Å². The number of carbonyl (C=O) groups is 2. The number of anilines is 1. The molecule has 1 unspecified atom stereocenters. The number of hydrogen-bond donors (Lipinski definition) is 1. The summed E-state index contributed by atoms with van der Waals surface area (Å²) in [5.41, 5.74) is 4.59. The Kier molecular flexibility index (Phi) is 7.90. The van der Waals surface area contributed by atoms with Gasteiger partial charge in [0, 0.05) is 53.1 Å². The van der Waals surface area contributed by atoms with Gasteiger partial charge in [-0.1, -0.05) is 37.3 Å². The van der Waals surface area contributed by atoms with Gasteiger partial charge in [0.05, 0.1) is 23.9 Å². The Labute approximate surface area is 232 Å². The molecule has 0 saturated heterocycles. The Morgan fingerprint density at radius 1 is 1.10 bits per heavy atom. The van der Waals surface area contributed by atoms with Gasteiger partial charge in [0.2, 0.25) is 0 Å². The van der Waals surface area contributed by atoms with E-state index in [0.29, 0.717) is 41.1 Å². The van der Waals surface area contributed by atoms with Crippen molar-refractivity contribution in [2.75, 3.05) is 19.0 Å². The largest absolute Gasteiger partial charge is 0.496 e. The molecular formula is C30H32N4O4S. The van der Waals surface area contributed by atoms with Crippen molar-refractivity contribution in [3.63, 3.8) is 0 Å². The lowest BCUT2D eigenvalue weighted by Crippen LogP contribution is -2.38. The summed E-state index contributed by atoms with van der Waals surface area (Å²) >= 11 is 1.31. The maximum absolute atomic E-state index is 13.7. The maximum atomic E-state index is 13.7. The fourth-order valence-corrected chi connectivity index (χ4v) is 5.61. The summed E-state index contributed by atoms with van der Waals surface area (Å²) in [5.74, 6) is -0.223. The van der Waals surface area contributed by atoms with E-state index < -0.39 is 18.0 Å². The van der Waals surface area contributed by atoms with Gasteiger partial charge >= 0.3 is 5.97 Å². The molecule has 0 saturated carbocycles. The number of para-hydroxylation sites is 2. The number of nitrogens with zero attached hydrogens (tertiary/aromatic N) is 3. The van der Waals surface area contributed by atoms with E-state index in [-0.39, 0.29) is 0 Å². The molecule has 0 aliphatic carbocycles. The van der Waals surface area contributed by atoms with Crippen LogP contribution in [0.3, 0.4) is 0 Å². The quantitative estimate of drug-likeness (QED) is 0.284. The molecule has 3 heterocycles. The highest BCUT2D eigenvalue weighted by molar-refractivity contribution is 7.14. The first kappa shape index (κ1) is 26.8. The average Bonchev–Trinajstić information content (AvgIpc) is 3.42. The standard InChI is InChI=1S/C30H32N4O4S/c1-5-25(28(35)33-30-32-24(17-39-30)19-10-7-9-13-26(19)37-4)38-29(36)27-20-11-6-8-12-22(20)31-23-14-15-34(18(2)3)16-21(23)27/h6-13,17-18,25H,5,14-16H2,1-4H3,(H,32,33,35). The molecule has 0 fully saturated rings. The average molecular weight is 545 g/mol. The second kappa shape index (κ2) is 11.5. The number of esters is 1. The number of methoxy groups -OCH3 is 1. The van der Waals surface area contributed by atoms with E-state index in [1.807, 2.05) is 60.8 Å². The number of aromatic nitrogens is 2. The summed E-state index contributed by atoms with van der Waals surface area (Å²) in [6.07, 6.45) is 0.115. The van der Waals surface area contributed by atoms with Gasteiger partial charge in [-0.25, -0.2) is 9.78 Å². The number of fused-ring (bicyclic) bond motifs is 2. The molecule has 0 spiro atoms. The molecule has 1 atom stereocenters. The molecule has 1 aliphatic heterocycles. The van der Waals surface area contributed by atoms with E-state index in [2.05, 4.69) is 29.0 Å². The SMILES string of the molecule is CCC(OC(=O)c1c2c(nc3ccccc13)CCN(C(C)C)C2)C(=O)Nc1nc(-c2ccccc2OC)cs1. The normalized spacial score (nSPS) is 14.2. The number of thiazole rings is 1. The van der Waals surface area contributed by atoms with Gasteiger partial charge < -0.3 is 9.47 Å². The van der Waals surface area contributed by atoms with Crippen LogP contribution in [0.1, 0.15) is 48.8 Å². The van der Waals surface area contributed by atoms with E-state index in [9.17, 15) is 9.59 Å². The van der Waals surface area contributed by atoms with Crippen LogP contribution in [0.5, 0.6) is 5.75 Å². The number of hydrogen-bond acceptors (Lipinski definition) is 8. The van der Waals surface area contributed by atoms with Crippen molar-refractivity contribution in [2.45, 2.75) is 52.3 Å². The zero-order valence-electron chi connectivity index (χ0n) is 22.6. The van der Waals surface area contributed by atoms with Crippen molar-refractivity contribution in [1.82, 2.24) is 14.9 Å². The summed E-state index contributed by atoms with van der Waals surface area (Å²) in [7, 11) is 1.61. The van der Waals surface area contributed by atoms with Crippen LogP contribution < -0.4 is 10.1 Å². The molecule has 0 bridgehead atoms. The van der Waals surface area contributed by atoms with Gasteiger partial charge in [-0.15, -0.1) is 11.3 Å². The van der Waals surface area contributed by atoms with Gasteiger partial charge in [0.1, 0.15) is 5.75 Å². The number of ether oxygens (including phenoxy) is 2. The second-order valence-electron chi connectivity index (χ2n) is 9.77. The van der Waals surface area contributed by atoms with Gasteiger partial charge in [0.15, 0.2) is 11.2 Å². The fourth-order valence-electron chi connectivity index (χ4n) is 4.89. The molecule has 1 N–H and O–H groups in total. The van der Waals surface area contributed by atoms with Crippen LogP contribution in [0.25, 0.3) is 22.2 Å². The zero-order valence-corrected chi connectivity index (χ0v) is 23.4. The molecule has 2 aromatic carbocycles. The number of nitrogens with one attached hydrogen (secondary N) is 1. The van der Waals surface area contributed by atoms with E-state index in [1.165, 1.54) is 11.3 Å². The Morgan fingerprint density at radius 3 is 2.64 bits per heavy atom. The van der Waals surface area contributed by atoms with Gasteiger partial charge in [-0.3, -0.25) is 20.0 Å². The molecular weight excluding hydrogens is 512 g/mol. The number of amides is 1. The summed E-state index contributed by atoms with van der Waals surface area (Å²) in [4.78, 5) is 38.7. The molecule has 1 amide bonds. The highest BCUT2D eigenvalue weighted by Gasteiger charge is 2.30. The summed E-state index contributed by atoms with van der Waals surface area (Å²) < 4.78 is 11.3. The molecule has 0 radical (unpaired) electrons. The molecule has 2 aromatic heterocycles. The Hall–Kier alpha value is -3.82. The van der Waals surface area contributed by atoms with Crippen LogP contribution in [-0.4, -0.2) is 52.5 Å². The lowest BCUT2D eigenvalue weighted by molar-refractivity contribution is -0.124. The minimum atomic E-state index is -0.969. The topological polar surface area (TPSA) is 93.7 Å². The third kappa shape index (κ3) is 5.51. The molecule has 5 rings (SSSR count). The van der Waals surface area contributed by atoms with Crippen molar-refractivity contribution in [3.05, 3.63) is 70.7 Å². The second-order valence-corrected chi connectivity index (χ2v) is 10.6. The summed E-state index contributed by atoms with van der Waals surface area (Å²) in [6.45, 7) is 7.61. The van der Waals surface area contributed by atoms with Crippen LogP contribution in [0.15, 0.2) is 53.9 Å². The van der Waals surface area contributed by atoms with Gasteiger partial charge in [-0.05, 0) is 38.5 Å². The van der Waals surface area contributed by atoms with Gasteiger partial charge in [-0.2, -0.15) is 0 Å². The monoisotopic (exact) mass is 544 g/mol. The first-order chi connectivity index (χ1) is 18.9. The van der Waals surface area contributed by atoms with E-state index >= 15 is 0 Å². The predicted octanol–water partition coefficient (Wildman–Crippen LogP) is 5.71. The zero-order chi connectivity index (χ0) is 27.5. The minimum Gasteiger partial charge on any atom is -0.496 e. The smallest absolute Gasteiger partial charge is 0.340 e. The molecule has 8 nitrogen and oxygen atoms in total. The Balaban J connectivity index is 1.38. The summed E-state index contributed by atoms with van der Waals surface area (Å²) in [5, 5.41) is 5.85. The maximum Gasteiger partial charge on any atom is 0.340 e. The summed E-state index contributed by atoms with van der Waals surface area (Å²) in [6, 6.07) is 15.5. The molecule has 202 valence electrons. The van der Waals surface area contributed by atoms with Crippen molar-refractivity contribution < 1.29 is 19.1 Å². The molecule has 4 aromatic rings. The number of pyridine rings is 1. The van der Waals surface area contributed by atoms with Crippen LogP contribution >= 0.6 is 11.3 Å². The molecule has 39 heavy (non-hydrogen) atoms.